The average molecular weight is 350 g/mol. The lowest BCUT2D eigenvalue weighted by atomic mass is 9.68. The summed E-state index contributed by atoms with van der Waals surface area (Å²) < 4.78 is 0. The summed E-state index contributed by atoms with van der Waals surface area (Å²) in [5.41, 5.74) is 3.53. The van der Waals surface area contributed by atoms with Gasteiger partial charge in [-0.1, -0.05) is 59.7 Å². The van der Waals surface area contributed by atoms with E-state index in [0.29, 0.717) is 17.6 Å². The first-order chi connectivity index (χ1) is 9.53. The molecule has 0 amide bonds. The average Bonchev–Trinajstić information content (AvgIpc) is 2.46. The summed E-state index contributed by atoms with van der Waals surface area (Å²) in [5, 5.41) is 0. The predicted octanol–water partition coefficient (Wildman–Crippen LogP) is 6.24. The number of alkyl halides is 3. The fourth-order valence-corrected chi connectivity index (χ4v) is 3.04. The second-order valence-corrected chi connectivity index (χ2v) is 8.58. The minimum absolute atomic E-state index is 0.0986. The van der Waals surface area contributed by atoms with Crippen LogP contribution >= 0.6 is 34.8 Å². The largest absolute Gasteiger partial charge is 0.126 e. The Kier molecular flexibility index (Phi) is 6.09. The van der Waals surface area contributed by atoms with E-state index in [-0.39, 0.29) is 16.2 Å². The Morgan fingerprint density at radius 2 is 1.00 bits per heavy atom. The third kappa shape index (κ3) is 3.89. The van der Waals surface area contributed by atoms with Gasteiger partial charge in [-0.05, 0) is 16.7 Å². The molecule has 0 atom stereocenters. The maximum absolute atomic E-state index is 6.29. The van der Waals surface area contributed by atoms with Crippen LogP contribution in [0.15, 0.2) is 18.2 Å². The zero-order valence-corrected chi connectivity index (χ0v) is 16.3. The quantitative estimate of drug-likeness (QED) is 0.533. The van der Waals surface area contributed by atoms with E-state index in [9.17, 15) is 0 Å². The topological polar surface area (TPSA) is 0 Å². The summed E-state index contributed by atoms with van der Waals surface area (Å²) >= 11 is 18.8. The molecule has 21 heavy (non-hydrogen) atoms. The van der Waals surface area contributed by atoms with Crippen molar-refractivity contribution in [3.05, 3.63) is 34.9 Å². The molecule has 0 fully saturated rings. The molecule has 0 nitrogen and oxygen atoms in total. The van der Waals surface area contributed by atoms with Gasteiger partial charge in [-0.25, -0.2) is 0 Å². The minimum atomic E-state index is -0.125. The first kappa shape index (κ1) is 19.1. The van der Waals surface area contributed by atoms with E-state index >= 15 is 0 Å². The molecule has 0 saturated carbocycles. The van der Waals surface area contributed by atoms with Gasteiger partial charge in [0.1, 0.15) is 0 Å². The van der Waals surface area contributed by atoms with Gasteiger partial charge in [0.05, 0.1) is 0 Å². The van der Waals surface area contributed by atoms with E-state index in [1.54, 1.807) is 0 Å². The highest BCUT2D eigenvalue weighted by Crippen LogP contribution is 2.42. The lowest BCUT2D eigenvalue weighted by molar-refractivity contribution is 0.505. The molecule has 3 heteroatoms. The zero-order chi connectivity index (χ0) is 16.5. The van der Waals surface area contributed by atoms with Crippen molar-refractivity contribution < 1.29 is 0 Å². The molecule has 0 aliphatic rings. The molecule has 0 saturated heterocycles. The monoisotopic (exact) mass is 348 g/mol. The van der Waals surface area contributed by atoms with Crippen LogP contribution in [0.2, 0.25) is 0 Å². The van der Waals surface area contributed by atoms with Crippen molar-refractivity contribution in [1.29, 1.82) is 0 Å². The third-order valence-corrected chi connectivity index (χ3v) is 6.21. The number of hydrogen-bond acceptors (Lipinski definition) is 0. The van der Waals surface area contributed by atoms with Gasteiger partial charge in [0, 0.05) is 33.9 Å². The number of rotatable bonds is 6. The molecule has 0 unspecified atom stereocenters. The van der Waals surface area contributed by atoms with Crippen molar-refractivity contribution in [1.82, 2.24) is 0 Å². The minimum Gasteiger partial charge on any atom is -0.126 e. The SMILES string of the molecule is CC(C)(CCl)c1cccc(C(C)(C)CCl)c1C(C)(C)CCl. The molecule has 120 valence electrons. The van der Waals surface area contributed by atoms with Crippen LogP contribution in [-0.2, 0) is 16.2 Å². The van der Waals surface area contributed by atoms with Crippen molar-refractivity contribution in [3.8, 4) is 0 Å². The molecule has 1 aromatic rings. The van der Waals surface area contributed by atoms with Gasteiger partial charge < -0.3 is 0 Å². The Hall–Kier alpha value is 0.0900. The Morgan fingerprint density at radius 1 is 0.667 bits per heavy atom. The summed E-state index contributed by atoms with van der Waals surface area (Å²) in [5.74, 6) is 1.71. The maximum Gasteiger partial charge on any atom is 0.0315 e. The first-order valence-electron chi connectivity index (χ1n) is 7.36. The highest BCUT2D eigenvalue weighted by atomic mass is 35.5. The van der Waals surface area contributed by atoms with E-state index < -0.39 is 0 Å². The van der Waals surface area contributed by atoms with E-state index in [1.165, 1.54) is 16.7 Å². The second-order valence-electron chi connectivity index (χ2n) is 7.78. The predicted molar refractivity (Wildman–Crippen MR) is 97.7 cm³/mol. The van der Waals surface area contributed by atoms with Crippen LogP contribution in [-0.4, -0.2) is 17.6 Å². The highest BCUT2D eigenvalue weighted by Gasteiger charge is 2.35. The zero-order valence-electron chi connectivity index (χ0n) is 14.0. The van der Waals surface area contributed by atoms with Crippen LogP contribution in [0, 0.1) is 0 Å². The summed E-state index contributed by atoms with van der Waals surface area (Å²) in [6.45, 7) is 13.1. The Bertz CT molecular complexity index is 453. The van der Waals surface area contributed by atoms with E-state index in [1.807, 2.05) is 0 Å². The summed E-state index contributed by atoms with van der Waals surface area (Å²) in [6, 6.07) is 6.47. The van der Waals surface area contributed by atoms with Gasteiger partial charge in [0.15, 0.2) is 0 Å². The molecule has 0 aliphatic carbocycles. The Morgan fingerprint density at radius 3 is 1.29 bits per heavy atom. The number of benzene rings is 1. The van der Waals surface area contributed by atoms with Crippen LogP contribution < -0.4 is 0 Å². The molecule has 0 aliphatic heterocycles. The second kappa shape index (κ2) is 6.69. The summed E-state index contributed by atoms with van der Waals surface area (Å²) in [6.07, 6.45) is 0. The molecule has 0 bridgehead atoms. The molecule has 0 spiro atoms. The van der Waals surface area contributed by atoms with Crippen LogP contribution in [0.4, 0.5) is 0 Å². The number of halogens is 3. The van der Waals surface area contributed by atoms with Crippen LogP contribution in [0.5, 0.6) is 0 Å². The van der Waals surface area contributed by atoms with Crippen LogP contribution in [0.25, 0.3) is 0 Å². The fourth-order valence-electron chi connectivity index (χ4n) is 2.62. The normalized spacial score (nSPS) is 13.6. The van der Waals surface area contributed by atoms with Gasteiger partial charge in [-0.15, -0.1) is 34.8 Å². The third-order valence-electron chi connectivity index (χ3n) is 4.20. The van der Waals surface area contributed by atoms with Gasteiger partial charge in [-0.2, -0.15) is 0 Å². The molecule has 1 rings (SSSR count). The van der Waals surface area contributed by atoms with Crippen molar-refractivity contribution >= 4 is 34.8 Å². The molecule has 0 radical (unpaired) electrons. The van der Waals surface area contributed by atoms with Crippen LogP contribution in [0.3, 0.4) is 0 Å². The Labute approximate surface area is 145 Å². The van der Waals surface area contributed by atoms with Crippen molar-refractivity contribution in [2.75, 3.05) is 17.6 Å². The smallest absolute Gasteiger partial charge is 0.0315 e. The molecule has 1 aromatic carbocycles. The van der Waals surface area contributed by atoms with Gasteiger partial charge in [0.25, 0.3) is 0 Å². The molecular weight excluding hydrogens is 323 g/mol. The van der Waals surface area contributed by atoms with E-state index in [0.717, 1.165) is 0 Å². The summed E-state index contributed by atoms with van der Waals surface area (Å²) in [4.78, 5) is 0. The molecule has 0 N–H and O–H groups in total. The Balaban J connectivity index is 3.73. The lowest BCUT2D eigenvalue weighted by Gasteiger charge is -2.38. The molecule has 0 heterocycles. The van der Waals surface area contributed by atoms with Crippen molar-refractivity contribution in [2.24, 2.45) is 0 Å². The fraction of sp³-hybridized carbons (Fsp3) is 0.667. The standard InChI is InChI=1S/C18H27Cl3/c1-16(2,10-19)13-8-7-9-14(17(3,4)11-20)15(13)18(5,6)12-21/h7-9H,10-12H2,1-6H3. The highest BCUT2D eigenvalue weighted by molar-refractivity contribution is 6.19. The molecule has 0 aromatic heterocycles. The van der Waals surface area contributed by atoms with Gasteiger partial charge in [0.2, 0.25) is 0 Å². The summed E-state index contributed by atoms with van der Waals surface area (Å²) in [7, 11) is 0. The first-order valence-corrected chi connectivity index (χ1v) is 8.96. The maximum atomic E-state index is 6.29. The van der Waals surface area contributed by atoms with E-state index in [4.69, 9.17) is 34.8 Å². The molecular formula is C18H27Cl3. The van der Waals surface area contributed by atoms with Crippen molar-refractivity contribution in [2.45, 2.75) is 57.8 Å². The van der Waals surface area contributed by atoms with Gasteiger partial charge in [-0.3, -0.25) is 0 Å². The number of hydrogen-bond donors (Lipinski definition) is 0. The lowest BCUT2D eigenvalue weighted by Crippen LogP contribution is -2.34. The van der Waals surface area contributed by atoms with Gasteiger partial charge >= 0.3 is 0 Å². The van der Waals surface area contributed by atoms with Crippen molar-refractivity contribution in [3.63, 3.8) is 0 Å². The van der Waals surface area contributed by atoms with E-state index in [2.05, 4.69) is 59.7 Å². The van der Waals surface area contributed by atoms with Crippen LogP contribution in [0.1, 0.15) is 58.2 Å².